The number of anilines is 1. The van der Waals surface area contributed by atoms with Gasteiger partial charge in [0.25, 0.3) is 0 Å². The number of nitrogen functional groups attached to an aromatic ring is 1. The van der Waals surface area contributed by atoms with E-state index in [-0.39, 0.29) is 0 Å². The highest BCUT2D eigenvalue weighted by molar-refractivity contribution is 5.86. The Morgan fingerprint density at radius 1 is 0.957 bits per heavy atom. The number of urea groups is 1. The first-order chi connectivity index (χ1) is 11.0. The molecule has 2 rings (SSSR count). The van der Waals surface area contributed by atoms with Crippen molar-refractivity contribution >= 4 is 17.6 Å². The number of hydrogen-bond donors (Lipinski definition) is 4. The molecular weight excluding hydrogens is 292 g/mol. The van der Waals surface area contributed by atoms with E-state index in [0.29, 0.717) is 18.7 Å². The normalized spacial score (nSPS) is 11.5. The summed E-state index contributed by atoms with van der Waals surface area (Å²) in [7, 11) is 0. The fraction of sp³-hybridized carbons (Fsp3) is 0.176. The highest BCUT2D eigenvalue weighted by Crippen LogP contribution is 2.05. The van der Waals surface area contributed by atoms with E-state index in [0.717, 1.165) is 11.1 Å². The largest absolute Gasteiger partial charge is 0.399 e. The third-order valence-corrected chi connectivity index (χ3v) is 3.36. The van der Waals surface area contributed by atoms with Gasteiger partial charge in [0.1, 0.15) is 6.04 Å². The van der Waals surface area contributed by atoms with Crippen molar-refractivity contribution in [3.63, 3.8) is 0 Å². The molecule has 0 aliphatic heterocycles. The van der Waals surface area contributed by atoms with Crippen LogP contribution >= 0.6 is 0 Å². The first-order valence-electron chi connectivity index (χ1n) is 7.26. The Balaban J connectivity index is 1.88. The number of hydrogen-bond acceptors (Lipinski definition) is 3. The molecule has 0 aliphatic rings. The monoisotopic (exact) mass is 312 g/mol. The molecule has 1 atom stereocenters. The van der Waals surface area contributed by atoms with Crippen LogP contribution in [0.2, 0.25) is 0 Å². The van der Waals surface area contributed by atoms with Crippen LogP contribution in [0.25, 0.3) is 0 Å². The second-order valence-corrected chi connectivity index (χ2v) is 5.21. The number of rotatable bonds is 6. The first kappa shape index (κ1) is 16.4. The Hall–Kier alpha value is -3.02. The van der Waals surface area contributed by atoms with E-state index in [4.69, 9.17) is 11.5 Å². The number of nitrogens with one attached hydrogen (secondary N) is 2. The van der Waals surface area contributed by atoms with Gasteiger partial charge in [0.05, 0.1) is 0 Å². The molecule has 6 nitrogen and oxygen atoms in total. The molecule has 0 radical (unpaired) electrons. The van der Waals surface area contributed by atoms with E-state index < -0.39 is 18.0 Å². The van der Waals surface area contributed by atoms with E-state index in [2.05, 4.69) is 10.6 Å². The summed E-state index contributed by atoms with van der Waals surface area (Å²) in [5.74, 6) is -0.573. The molecular formula is C17H20N4O2. The zero-order chi connectivity index (χ0) is 16.7. The lowest BCUT2D eigenvalue weighted by Crippen LogP contribution is -2.49. The van der Waals surface area contributed by atoms with Gasteiger partial charge < -0.3 is 22.1 Å². The molecule has 0 saturated carbocycles. The highest BCUT2D eigenvalue weighted by Gasteiger charge is 2.18. The topological polar surface area (TPSA) is 110 Å². The fourth-order valence-electron chi connectivity index (χ4n) is 2.10. The van der Waals surface area contributed by atoms with Gasteiger partial charge in [0.15, 0.2) is 0 Å². The Morgan fingerprint density at radius 3 is 2.22 bits per heavy atom. The van der Waals surface area contributed by atoms with Crippen molar-refractivity contribution < 1.29 is 9.59 Å². The predicted octanol–water partition coefficient (Wildman–Crippen LogP) is 1.16. The quantitative estimate of drug-likeness (QED) is 0.601. The minimum absolute atomic E-state index is 0.336. The average Bonchev–Trinajstić information content (AvgIpc) is 2.54. The highest BCUT2D eigenvalue weighted by atomic mass is 16.2. The summed E-state index contributed by atoms with van der Waals surface area (Å²) in [4.78, 5) is 23.5. The molecule has 6 N–H and O–H groups in total. The van der Waals surface area contributed by atoms with Gasteiger partial charge in [-0.15, -0.1) is 0 Å². The van der Waals surface area contributed by atoms with Crippen molar-refractivity contribution in [3.8, 4) is 0 Å². The van der Waals surface area contributed by atoms with Crippen LogP contribution < -0.4 is 22.1 Å². The van der Waals surface area contributed by atoms with Gasteiger partial charge in [-0.3, -0.25) is 4.79 Å². The van der Waals surface area contributed by atoms with Crippen molar-refractivity contribution in [2.75, 3.05) is 5.73 Å². The van der Waals surface area contributed by atoms with E-state index in [9.17, 15) is 9.59 Å². The molecule has 0 saturated heterocycles. The Kier molecular flexibility index (Phi) is 5.57. The zero-order valence-electron chi connectivity index (χ0n) is 12.7. The SMILES string of the molecule is NC(=O)C(Cc1ccccc1)NC(=O)NCc1ccc(N)cc1. The fourth-order valence-corrected chi connectivity index (χ4v) is 2.10. The van der Waals surface area contributed by atoms with Crippen LogP contribution in [-0.4, -0.2) is 18.0 Å². The van der Waals surface area contributed by atoms with Crippen molar-refractivity contribution in [2.45, 2.75) is 19.0 Å². The molecule has 3 amide bonds. The van der Waals surface area contributed by atoms with Gasteiger partial charge in [-0.25, -0.2) is 4.79 Å². The standard InChI is InChI=1S/C17H20N4O2/c18-14-8-6-13(7-9-14)11-20-17(23)21-15(16(19)22)10-12-4-2-1-3-5-12/h1-9,15H,10-11,18H2,(H2,19,22)(H2,20,21,23). The molecule has 120 valence electrons. The van der Waals surface area contributed by atoms with Crippen LogP contribution in [0.5, 0.6) is 0 Å². The van der Waals surface area contributed by atoms with Gasteiger partial charge in [-0.1, -0.05) is 42.5 Å². The van der Waals surface area contributed by atoms with Gasteiger partial charge in [-0.2, -0.15) is 0 Å². The smallest absolute Gasteiger partial charge is 0.315 e. The predicted molar refractivity (Wildman–Crippen MR) is 89.4 cm³/mol. The molecule has 0 heterocycles. The van der Waals surface area contributed by atoms with Gasteiger partial charge in [0.2, 0.25) is 5.91 Å². The zero-order valence-corrected chi connectivity index (χ0v) is 12.7. The van der Waals surface area contributed by atoms with E-state index in [1.165, 1.54) is 0 Å². The van der Waals surface area contributed by atoms with Crippen LogP contribution in [0, 0.1) is 0 Å². The maximum atomic E-state index is 11.9. The minimum atomic E-state index is -0.760. The van der Waals surface area contributed by atoms with Crippen molar-refractivity contribution in [1.82, 2.24) is 10.6 Å². The summed E-state index contributed by atoms with van der Waals surface area (Å²) >= 11 is 0. The van der Waals surface area contributed by atoms with E-state index in [1.807, 2.05) is 42.5 Å². The summed E-state index contributed by atoms with van der Waals surface area (Å²) in [6.07, 6.45) is 0.353. The van der Waals surface area contributed by atoms with Crippen molar-refractivity contribution in [3.05, 3.63) is 65.7 Å². The minimum Gasteiger partial charge on any atom is -0.399 e. The van der Waals surface area contributed by atoms with Crippen LogP contribution in [0.1, 0.15) is 11.1 Å². The molecule has 1 unspecified atom stereocenters. The van der Waals surface area contributed by atoms with Gasteiger partial charge in [-0.05, 0) is 23.3 Å². The number of carbonyl (C=O) groups excluding carboxylic acids is 2. The average molecular weight is 312 g/mol. The molecule has 2 aromatic rings. The Labute approximate surface area is 134 Å². The maximum Gasteiger partial charge on any atom is 0.315 e. The van der Waals surface area contributed by atoms with Crippen LogP contribution in [0.3, 0.4) is 0 Å². The molecule has 0 spiro atoms. The third-order valence-electron chi connectivity index (χ3n) is 3.36. The summed E-state index contributed by atoms with van der Waals surface area (Å²) in [6, 6.07) is 15.3. The van der Waals surface area contributed by atoms with Crippen LogP contribution in [0.15, 0.2) is 54.6 Å². The number of benzene rings is 2. The molecule has 0 fully saturated rings. The van der Waals surface area contributed by atoms with Crippen LogP contribution in [-0.2, 0) is 17.8 Å². The molecule has 23 heavy (non-hydrogen) atoms. The second-order valence-electron chi connectivity index (χ2n) is 5.21. The van der Waals surface area contributed by atoms with E-state index in [1.54, 1.807) is 12.1 Å². The second kappa shape index (κ2) is 7.84. The number of primary amides is 1. The summed E-state index contributed by atoms with van der Waals surface area (Å²) in [5, 5.41) is 5.29. The Morgan fingerprint density at radius 2 is 1.61 bits per heavy atom. The molecule has 0 aromatic heterocycles. The molecule has 2 aromatic carbocycles. The van der Waals surface area contributed by atoms with Gasteiger partial charge >= 0.3 is 6.03 Å². The maximum absolute atomic E-state index is 11.9. The summed E-state index contributed by atoms with van der Waals surface area (Å²) in [6.45, 7) is 0.336. The number of amides is 3. The Bertz CT molecular complexity index is 656. The first-order valence-corrected chi connectivity index (χ1v) is 7.26. The lowest BCUT2D eigenvalue weighted by Gasteiger charge is -2.16. The summed E-state index contributed by atoms with van der Waals surface area (Å²) in [5.41, 5.74) is 13.5. The van der Waals surface area contributed by atoms with Crippen molar-refractivity contribution in [1.29, 1.82) is 0 Å². The third kappa shape index (κ3) is 5.35. The lowest BCUT2D eigenvalue weighted by molar-refractivity contribution is -0.119. The van der Waals surface area contributed by atoms with E-state index >= 15 is 0 Å². The molecule has 0 bridgehead atoms. The lowest BCUT2D eigenvalue weighted by atomic mass is 10.1. The van der Waals surface area contributed by atoms with Gasteiger partial charge in [0, 0.05) is 18.7 Å². The summed E-state index contributed by atoms with van der Waals surface area (Å²) < 4.78 is 0. The molecule has 0 aliphatic carbocycles. The number of carbonyl (C=O) groups is 2. The number of nitrogens with two attached hydrogens (primary N) is 2. The molecule has 6 heteroatoms. The van der Waals surface area contributed by atoms with Crippen LogP contribution in [0.4, 0.5) is 10.5 Å². The van der Waals surface area contributed by atoms with Crippen molar-refractivity contribution in [2.24, 2.45) is 5.73 Å².